The van der Waals surface area contributed by atoms with Crippen molar-refractivity contribution >= 4 is 21.6 Å². The molecule has 1 saturated heterocycles. The Hall–Kier alpha value is 0.260. The number of aliphatic hydroxyl groups excluding tert-OH is 1. The molecule has 1 heterocycles. The van der Waals surface area contributed by atoms with E-state index in [0.717, 1.165) is 32.1 Å². The number of rotatable bonds is 2. The van der Waals surface area contributed by atoms with Gasteiger partial charge in [-0.1, -0.05) is 19.3 Å². The van der Waals surface area contributed by atoms with Gasteiger partial charge in [0.05, 0.1) is 6.10 Å². The first-order chi connectivity index (χ1) is 7.70. The van der Waals surface area contributed by atoms with Crippen LogP contribution in [0.15, 0.2) is 0 Å². The second-order valence-corrected chi connectivity index (χ2v) is 8.43. The van der Waals surface area contributed by atoms with Crippen LogP contribution >= 0.6 is 0 Å². The molecule has 0 unspecified atom stereocenters. The van der Waals surface area contributed by atoms with E-state index in [2.05, 4.69) is 0 Å². The van der Waals surface area contributed by atoms with E-state index in [0.29, 0.717) is 11.5 Å². The molecule has 0 radical (unpaired) electrons. The molecule has 0 amide bonds. The number of aliphatic hydroxyl groups is 1. The van der Waals surface area contributed by atoms with Gasteiger partial charge < -0.3 is 5.11 Å². The maximum atomic E-state index is 11.8. The van der Waals surface area contributed by atoms with Crippen LogP contribution in [0.2, 0.25) is 0 Å². The van der Waals surface area contributed by atoms with Crippen molar-refractivity contribution < 1.29 is 13.5 Å². The Morgan fingerprint density at radius 1 is 0.938 bits per heavy atom. The summed E-state index contributed by atoms with van der Waals surface area (Å²) < 4.78 is 23.2. The molecule has 0 bridgehead atoms. The first kappa shape index (κ1) is 12.7. The summed E-state index contributed by atoms with van der Waals surface area (Å²) in [6.07, 6.45) is 5.70. The van der Waals surface area contributed by atoms with Gasteiger partial charge in [-0.25, -0.2) is 0 Å². The van der Waals surface area contributed by atoms with E-state index in [-0.39, 0.29) is 5.92 Å². The first-order valence-electron chi connectivity index (χ1n) is 6.12. The maximum Gasteiger partial charge on any atom is 0.136 e. The van der Waals surface area contributed by atoms with Crippen LogP contribution in [-0.4, -0.2) is 35.7 Å². The van der Waals surface area contributed by atoms with Crippen molar-refractivity contribution in [1.82, 2.24) is 0 Å². The molecule has 1 aliphatic heterocycles. The normalized spacial score (nSPS) is 36.1. The van der Waals surface area contributed by atoms with E-state index < -0.39 is 32.3 Å². The van der Waals surface area contributed by atoms with Crippen molar-refractivity contribution in [2.24, 2.45) is 5.92 Å². The highest BCUT2D eigenvalue weighted by Gasteiger charge is 2.38. The summed E-state index contributed by atoms with van der Waals surface area (Å²) >= 11 is 0. The fourth-order valence-electron chi connectivity index (χ4n) is 2.70. The molecule has 2 rings (SSSR count). The van der Waals surface area contributed by atoms with Crippen LogP contribution < -0.4 is 0 Å². The Kier molecular flexibility index (Phi) is 4.56. The van der Waals surface area contributed by atoms with Gasteiger partial charge in [0.25, 0.3) is 0 Å². The number of hydrogen-bond donors (Lipinski definition) is 1. The summed E-state index contributed by atoms with van der Waals surface area (Å²) in [6, 6.07) is 0. The molecule has 3 atom stereocenters. The summed E-state index contributed by atoms with van der Waals surface area (Å²) in [4.78, 5) is 0. The van der Waals surface area contributed by atoms with Crippen molar-refractivity contribution in [3.8, 4) is 0 Å². The lowest BCUT2D eigenvalue weighted by atomic mass is 9.86. The molecule has 1 N–H and O–H groups in total. The minimum atomic E-state index is -1.09. The monoisotopic (exact) mass is 264 g/mol. The zero-order valence-corrected chi connectivity index (χ0v) is 11.1. The Morgan fingerprint density at radius 3 is 2.06 bits per heavy atom. The summed E-state index contributed by atoms with van der Waals surface area (Å²) in [5, 5.41) is 10.3. The average Bonchev–Trinajstić information content (AvgIpc) is 2.30. The van der Waals surface area contributed by atoms with E-state index >= 15 is 0 Å². The SMILES string of the molecule is O=[S@@]1CCC[S@@](=O)C1[C@H](O)C1CCCCC1. The number of hydrogen-bond acceptors (Lipinski definition) is 3. The molecule has 94 valence electrons. The van der Waals surface area contributed by atoms with E-state index in [9.17, 15) is 13.5 Å². The lowest BCUT2D eigenvalue weighted by Crippen LogP contribution is -2.44. The van der Waals surface area contributed by atoms with Gasteiger partial charge >= 0.3 is 0 Å². The Balaban J connectivity index is 2.03. The average molecular weight is 264 g/mol. The molecular weight excluding hydrogens is 244 g/mol. The maximum absolute atomic E-state index is 11.8. The minimum absolute atomic E-state index is 0.227. The Labute approximate surface area is 102 Å². The zero-order valence-electron chi connectivity index (χ0n) is 9.47. The molecule has 5 heteroatoms. The van der Waals surface area contributed by atoms with Crippen LogP contribution in [0.4, 0.5) is 0 Å². The topological polar surface area (TPSA) is 54.4 Å². The summed E-state index contributed by atoms with van der Waals surface area (Å²) in [6.45, 7) is 0. The molecule has 0 aromatic carbocycles. The highest BCUT2D eigenvalue weighted by atomic mass is 32.2. The second-order valence-electron chi connectivity index (χ2n) is 4.78. The van der Waals surface area contributed by atoms with Gasteiger partial charge in [-0.05, 0) is 25.2 Å². The smallest absolute Gasteiger partial charge is 0.136 e. The fourth-order valence-corrected chi connectivity index (χ4v) is 6.81. The molecule has 2 aliphatic rings. The van der Waals surface area contributed by atoms with Crippen LogP contribution in [0.1, 0.15) is 38.5 Å². The largest absolute Gasteiger partial charge is 0.391 e. The molecule has 0 aromatic heterocycles. The molecule has 2 fully saturated rings. The molecule has 1 saturated carbocycles. The van der Waals surface area contributed by atoms with Crippen molar-refractivity contribution in [3.05, 3.63) is 0 Å². The third kappa shape index (κ3) is 2.74. The van der Waals surface area contributed by atoms with Crippen molar-refractivity contribution in [1.29, 1.82) is 0 Å². The Bertz CT molecular complexity index is 271. The predicted molar refractivity (Wildman–Crippen MR) is 67.0 cm³/mol. The van der Waals surface area contributed by atoms with Gasteiger partial charge in [0, 0.05) is 33.1 Å². The van der Waals surface area contributed by atoms with Crippen LogP contribution in [0, 0.1) is 5.92 Å². The zero-order chi connectivity index (χ0) is 11.5. The Morgan fingerprint density at radius 2 is 1.50 bits per heavy atom. The van der Waals surface area contributed by atoms with Crippen molar-refractivity contribution in [3.63, 3.8) is 0 Å². The predicted octanol–water partition coefficient (Wildman–Crippen LogP) is 1.15. The van der Waals surface area contributed by atoms with Crippen molar-refractivity contribution in [2.75, 3.05) is 11.5 Å². The van der Waals surface area contributed by atoms with E-state index in [1.54, 1.807) is 0 Å². The quantitative estimate of drug-likeness (QED) is 0.814. The molecule has 0 spiro atoms. The summed E-state index contributed by atoms with van der Waals surface area (Å²) in [7, 11) is -2.18. The van der Waals surface area contributed by atoms with Gasteiger partial charge in [0.15, 0.2) is 0 Å². The highest BCUT2D eigenvalue weighted by molar-refractivity contribution is 8.03. The molecule has 3 nitrogen and oxygen atoms in total. The van der Waals surface area contributed by atoms with Gasteiger partial charge in [-0.2, -0.15) is 0 Å². The van der Waals surface area contributed by atoms with Gasteiger partial charge in [-0.3, -0.25) is 8.42 Å². The van der Waals surface area contributed by atoms with Crippen molar-refractivity contribution in [2.45, 2.75) is 49.2 Å². The standard InChI is InChI=1S/C11H20O3S2/c12-10(9-5-2-1-3-6-9)11-15(13)7-4-8-16(11)14/h9-12H,1-8H2/t10-,15-,16-/m1/s1. The second kappa shape index (κ2) is 5.74. The lowest BCUT2D eigenvalue weighted by molar-refractivity contribution is 0.0968. The third-order valence-corrected chi connectivity index (χ3v) is 7.89. The fraction of sp³-hybridized carbons (Fsp3) is 1.00. The van der Waals surface area contributed by atoms with Crippen LogP contribution in [0.5, 0.6) is 0 Å². The van der Waals surface area contributed by atoms with Crippen LogP contribution in [0.3, 0.4) is 0 Å². The van der Waals surface area contributed by atoms with Gasteiger partial charge in [-0.15, -0.1) is 0 Å². The van der Waals surface area contributed by atoms with E-state index in [4.69, 9.17) is 0 Å². The van der Waals surface area contributed by atoms with Gasteiger partial charge in [0.1, 0.15) is 4.58 Å². The highest BCUT2D eigenvalue weighted by Crippen LogP contribution is 2.31. The molecule has 1 aliphatic carbocycles. The van der Waals surface area contributed by atoms with Crippen LogP contribution in [0.25, 0.3) is 0 Å². The first-order valence-corrected chi connectivity index (χ1v) is 8.89. The molecular formula is C11H20O3S2. The van der Waals surface area contributed by atoms with Crippen LogP contribution in [-0.2, 0) is 21.6 Å². The van der Waals surface area contributed by atoms with E-state index in [1.165, 1.54) is 6.42 Å². The minimum Gasteiger partial charge on any atom is -0.391 e. The third-order valence-electron chi connectivity index (χ3n) is 3.62. The lowest BCUT2D eigenvalue weighted by Gasteiger charge is -2.33. The van der Waals surface area contributed by atoms with Gasteiger partial charge in [0.2, 0.25) is 0 Å². The molecule has 16 heavy (non-hydrogen) atoms. The summed E-state index contributed by atoms with van der Waals surface area (Å²) in [5.41, 5.74) is 0. The molecule has 0 aromatic rings. The van der Waals surface area contributed by atoms with E-state index in [1.807, 2.05) is 0 Å². The summed E-state index contributed by atoms with van der Waals surface area (Å²) in [5.74, 6) is 1.45.